The third-order valence-corrected chi connectivity index (χ3v) is 3.66. The fourth-order valence-corrected chi connectivity index (χ4v) is 2.58. The highest BCUT2D eigenvalue weighted by molar-refractivity contribution is 5.81. The van der Waals surface area contributed by atoms with Crippen molar-refractivity contribution in [2.45, 2.75) is 20.3 Å². The van der Waals surface area contributed by atoms with Crippen molar-refractivity contribution in [2.75, 3.05) is 0 Å². The zero-order valence-corrected chi connectivity index (χ0v) is 12.8. The lowest BCUT2D eigenvalue weighted by Crippen LogP contribution is -2.16. The van der Waals surface area contributed by atoms with Crippen LogP contribution in [0.3, 0.4) is 0 Å². The zero-order chi connectivity index (χ0) is 15.5. The lowest BCUT2D eigenvalue weighted by Gasteiger charge is -2.05. The summed E-state index contributed by atoms with van der Waals surface area (Å²) in [6.07, 6.45) is 0.358. The molecule has 0 N–H and O–H groups in total. The van der Waals surface area contributed by atoms with Crippen LogP contribution in [-0.2, 0) is 6.42 Å². The van der Waals surface area contributed by atoms with Crippen molar-refractivity contribution in [3.63, 3.8) is 0 Å². The molecule has 0 radical (unpaired) electrons. The SMILES string of the molecule is Cc1cc(C)n(C(=O)Cc2ccc(-c3ccccc3)cc2)n1. The zero-order valence-electron chi connectivity index (χ0n) is 12.8. The van der Waals surface area contributed by atoms with Gasteiger partial charge in [0, 0.05) is 5.69 Å². The molecule has 110 valence electrons. The molecule has 0 saturated carbocycles. The van der Waals surface area contributed by atoms with Crippen LogP contribution < -0.4 is 0 Å². The summed E-state index contributed by atoms with van der Waals surface area (Å²) in [4.78, 5) is 12.3. The molecule has 0 atom stereocenters. The number of nitrogens with zero attached hydrogens (tertiary/aromatic N) is 2. The fraction of sp³-hybridized carbons (Fsp3) is 0.158. The summed E-state index contributed by atoms with van der Waals surface area (Å²) in [5.41, 5.74) is 5.08. The van der Waals surface area contributed by atoms with Crippen molar-refractivity contribution in [3.8, 4) is 11.1 Å². The Kier molecular flexibility index (Phi) is 3.88. The minimum Gasteiger partial charge on any atom is -0.272 e. The van der Waals surface area contributed by atoms with Crippen LogP contribution in [0.5, 0.6) is 0 Å². The van der Waals surface area contributed by atoms with Crippen molar-refractivity contribution >= 4 is 5.91 Å². The predicted octanol–water partition coefficient (Wildman–Crippen LogP) is 4.05. The molecular formula is C19H18N2O. The number of aromatic nitrogens is 2. The first-order chi connectivity index (χ1) is 10.6. The van der Waals surface area contributed by atoms with E-state index in [4.69, 9.17) is 0 Å². The maximum atomic E-state index is 12.3. The summed E-state index contributed by atoms with van der Waals surface area (Å²) in [5, 5.41) is 4.24. The molecule has 0 saturated heterocycles. The van der Waals surface area contributed by atoms with Gasteiger partial charge in [0.1, 0.15) is 0 Å². The molecule has 0 spiro atoms. The van der Waals surface area contributed by atoms with Crippen LogP contribution in [0.4, 0.5) is 0 Å². The van der Waals surface area contributed by atoms with E-state index in [0.717, 1.165) is 22.5 Å². The van der Waals surface area contributed by atoms with Gasteiger partial charge in [-0.2, -0.15) is 5.10 Å². The Balaban J connectivity index is 1.76. The average Bonchev–Trinajstić information content (AvgIpc) is 2.88. The van der Waals surface area contributed by atoms with E-state index in [-0.39, 0.29) is 5.91 Å². The Hall–Kier alpha value is -2.68. The first-order valence-corrected chi connectivity index (χ1v) is 7.34. The second kappa shape index (κ2) is 5.98. The quantitative estimate of drug-likeness (QED) is 0.729. The van der Waals surface area contributed by atoms with Gasteiger partial charge in [-0.25, -0.2) is 4.68 Å². The van der Waals surface area contributed by atoms with Crippen molar-refractivity contribution in [1.29, 1.82) is 0 Å². The van der Waals surface area contributed by atoms with E-state index in [1.54, 1.807) is 0 Å². The van der Waals surface area contributed by atoms with Crippen LogP contribution in [0.15, 0.2) is 60.7 Å². The Morgan fingerprint density at radius 2 is 1.59 bits per heavy atom. The van der Waals surface area contributed by atoms with Crippen LogP contribution >= 0.6 is 0 Å². The van der Waals surface area contributed by atoms with Gasteiger partial charge in [0.15, 0.2) is 0 Å². The minimum atomic E-state index is -0.00180. The predicted molar refractivity (Wildman–Crippen MR) is 87.9 cm³/mol. The van der Waals surface area contributed by atoms with Gasteiger partial charge in [0.25, 0.3) is 5.91 Å². The van der Waals surface area contributed by atoms with E-state index in [0.29, 0.717) is 6.42 Å². The molecule has 0 fully saturated rings. The maximum Gasteiger partial charge on any atom is 0.251 e. The molecule has 0 bridgehead atoms. The van der Waals surface area contributed by atoms with E-state index in [2.05, 4.69) is 29.4 Å². The molecule has 0 aliphatic rings. The summed E-state index contributed by atoms with van der Waals surface area (Å²) >= 11 is 0. The van der Waals surface area contributed by atoms with Crippen LogP contribution in [-0.4, -0.2) is 15.7 Å². The summed E-state index contributed by atoms with van der Waals surface area (Å²) in [5.74, 6) is -0.00180. The largest absolute Gasteiger partial charge is 0.272 e. The number of rotatable bonds is 3. The molecule has 1 aromatic heterocycles. The minimum absolute atomic E-state index is 0.00180. The van der Waals surface area contributed by atoms with E-state index in [1.807, 2.05) is 50.2 Å². The van der Waals surface area contributed by atoms with Gasteiger partial charge in [0.2, 0.25) is 0 Å². The second-order valence-corrected chi connectivity index (χ2v) is 5.47. The Morgan fingerprint density at radius 1 is 0.955 bits per heavy atom. The normalized spacial score (nSPS) is 10.6. The molecule has 3 rings (SSSR count). The number of aryl methyl sites for hydroxylation is 2. The monoisotopic (exact) mass is 290 g/mol. The van der Waals surface area contributed by atoms with E-state index in [9.17, 15) is 4.79 Å². The number of hydrogen-bond donors (Lipinski definition) is 0. The molecule has 2 aromatic carbocycles. The lowest BCUT2D eigenvalue weighted by atomic mass is 10.0. The molecule has 0 unspecified atom stereocenters. The molecule has 1 heterocycles. The van der Waals surface area contributed by atoms with Gasteiger partial charge in [-0.3, -0.25) is 4.79 Å². The second-order valence-electron chi connectivity index (χ2n) is 5.47. The van der Waals surface area contributed by atoms with Gasteiger partial charge in [-0.15, -0.1) is 0 Å². The van der Waals surface area contributed by atoms with E-state index < -0.39 is 0 Å². The Labute approximate surface area is 130 Å². The molecule has 0 amide bonds. The molecule has 22 heavy (non-hydrogen) atoms. The maximum absolute atomic E-state index is 12.3. The molecule has 0 aliphatic heterocycles. The van der Waals surface area contributed by atoms with Gasteiger partial charge in [0.05, 0.1) is 12.1 Å². The van der Waals surface area contributed by atoms with E-state index >= 15 is 0 Å². The third-order valence-electron chi connectivity index (χ3n) is 3.66. The summed E-state index contributed by atoms with van der Waals surface area (Å²) in [7, 11) is 0. The Bertz CT molecular complexity index is 786. The number of carbonyl (C=O) groups excluding carboxylic acids is 1. The van der Waals surface area contributed by atoms with E-state index in [1.165, 1.54) is 10.2 Å². The molecule has 3 aromatic rings. The molecule has 3 nitrogen and oxygen atoms in total. The molecular weight excluding hydrogens is 272 g/mol. The standard InChI is InChI=1S/C19H18N2O/c1-14-12-15(2)21(20-14)19(22)13-16-8-10-18(11-9-16)17-6-4-3-5-7-17/h3-12H,13H2,1-2H3. The van der Waals surface area contributed by atoms with Gasteiger partial charge in [-0.05, 0) is 36.6 Å². The highest BCUT2D eigenvalue weighted by Gasteiger charge is 2.11. The average molecular weight is 290 g/mol. The van der Waals surface area contributed by atoms with Crippen LogP contribution in [0.1, 0.15) is 21.7 Å². The first kappa shape index (κ1) is 14.3. The van der Waals surface area contributed by atoms with Crippen molar-refractivity contribution < 1.29 is 4.79 Å². The van der Waals surface area contributed by atoms with Crippen molar-refractivity contribution in [1.82, 2.24) is 9.78 Å². The number of carbonyl (C=O) groups is 1. The molecule has 3 heteroatoms. The van der Waals surface area contributed by atoms with Gasteiger partial charge >= 0.3 is 0 Å². The highest BCUT2D eigenvalue weighted by atomic mass is 16.2. The summed E-state index contributed by atoms with van der Waals surface area (Å²) in [6.45, 7) is 3.79. The smallest absolute Gasteiger partial charge is 0.251 e. The van der Waals surface area contributed by atoms with Gasteiger partial charge < -0.3 is 0 Å². The third kappa shape index (κ3) is 2.98. The summed E-state index contributed by atoms with van der Waals surface area (Å²) < 4.78 is 1.49. The van der Waals surface area contributed by atoms with Crippen molar-refractivity contribution in [2.24, 2.45) is 0 Å². The van der Waals surface area contributed by atoms with Crippen molar-refractivity contribution in [3.05, 3.63) is 77.6 Å². The number of hydrogen-bond acceptors (Lipinski definition) is 2. The fourth-order valence-electron chi connectivity index (χ4n) is 2.58. The van der Waals surface area contributed by atoms with Crippen LogP contribution in [0.2, 0.25) is 0 Å². The summed E-state index contributed by atoms with van der Waals surface area (Å²) in [6, 6.07) is 20.2. The molecule has 0 aliphatic carbocycles. The topological polar surface area (TPSA) is 34.9 Å². The first-order valence-electron chi connectivity index (χ1n) is 7.34. The lowest BCUT2D eigenvalue weighted by molar-refractivity contribution is 0.0895. The van der Waals surface area contributed by atoms with Crippen LogP contribution in [0, 0.1) is 13.8 Å². The highest BCUT2D eigenvalue weighted by Crippen LogP contribution is 2.19. The van der Waals surface area contributed by atoms with Crippen LogP contribution in [0.25, 0.3) is 11.1 Å². The van der Waals surface area contributed by atoms with Gasteiger partial charge in [-0.1, -0.05) is 54.6 Å². The number of benzene rings is 2. The Morgan fingerprint density at radius 3 is 2.18 bits per heavy atom.